The maximum Gasteiger partial charge on any atom is 0.241 e. The highest BCUT2D eigenvalue weighted by Crippen LogP contribution is 2.35. The van der Waals surface area contributed by atoms with E-state index in [1.807, 2.05) is 5.38 Å². The van der Waals surface area contributed by atoms with E-state index in [1.54, 1.807) is 36.5 Å². The maximum atomic E-state index is 12.6. The van der Waals surface area contributed by atoms with Gasteiger partial charge in [-0.25, -0.2) is 4.98 Å². The molecule has 1 aromatic heterocycles. The van der Waals surface area contributed by atoms with Gasteiger partial charge in [-0.15, -0.1) is 11.3 Å². The van der Waals surface area contributed by atoms with Gasteiger partial charge in [0.25, 0.3) is 0 Å². The summed E-state index contributed by atoms with van der Waals surface area (Å²) in [7, 11) is 3.44. The Morgan fingerprint density at radius 2 is 2.29 bits per heavy atom. The Morgan fingerprint density at radius 1 is 1.48 bits per heavy atom. The van der Waals surface area contributed by atoms with Crippen LogP contribution in [0, 0.1) is 11.8 Å². The summed E-state index contributed by atoms with van der Waals surface area (Å²) in [6, 6.07) is 0. The van der Waals surface area contributed by atoms with Crippen molar-refractivity contribution in [3.8, 4) is 0 Å². The second-order valence-electron chi connectivity index (χ2n) is 5.92. The fourth-order valence-electron chi connectivity index (χ4n) is 3.10. The summed E-state index contributed by atoms with van der Waals surface area (Å²) < 4.78 is 0. The first-order chi connectivity index (χ1) is 10.1. The quantitative estimate of drug-likeness (QED) is 0.817. The average Bonchev–Trinajstić information content (AvgIpc) is 3.09. The largest absolute Gasteiger partial charge is 0.347 e. The minimum absolute atomic E-state index is 0.0117. The van der Waals surface area contributed by atoms with Crippen LogP contribution in [0.3, 0.4) is 0 Å². The van der Waals surface area contributed by atoms with Crippen LogP contribution in [0.5, 0.6) is 0 Å². The zero-order valence-electron chi connectivity index (χ0n) is 12.4. The van der Waals surface area contributed by atoms with E-state index >= 15 is 0 Å². The molecule has 0 saturated carbocycles. The van der Waals surface area contributed by atoms with Gasteiger partial charge < -0.3 is 14.7 Å². The predicted octanol–water partition coefficient (Wildman–Crippen LogP) is 0.516. The van der Waals surface area contributed by atoms with Crippen molar-refractivity contribution < 1.29 is 9.59 Å². The van der Waals surface area contributed by atoms with Crippen LogP contribution in [0.2, 0.25) is 0 Å². The smallest absolute Gasteiger partial charge is 0.241 e. The lowest BCUT2D eigenvalue weighted by Gasteiger charge is -2.33. The Morgan fingerprint density at radius 3 is 2.95 bits per heavy atom. The molecule has 2 aliphatic heterocycles. The Hall–Kier alpha value is -1.63. The van der Waals surface area contributed by atoms with Crippen LogP contribution in [0.1, 0.15) is 6.42 Å². The van der Waals surface area contributed by atoms with E-state index in [0.29, 0.717) is 12.5 Å². The van der Waals surface area contributed by atoms with Crippen LogP contribution in [0.15, 0.2) is 11.6 Å². The molecule has 0 spiro atoms. The number of carbonyl (C=O) groups is 2. The van der Waals surface area contributed by atoms with Crippen LogP contribution < -0.4 is 4.90 Å². The van der Waals surface area contributed by atoms with Crippen molar-refractivity contribution in [3.63, 3.8) is 0 Å². The number of nitrogens with zero attached hydrogens (tertiary/aromatic N) is 4. The van der Waals surface area contributed by atoms with Gasteiger partial charge in [-0.1, -0.05) is 0 Å². The number of rotatable bonds is 3. The zero-order valence-corrected chi connectivity index (χ0v) is 13.2. The fraction of sp³-hybridized carbons (Fsp3) is 0.643. The number of hydrogen-bond donors (Lipinski definition) is 0. The molecule has 114 valence electrons. The number of likely N-dealkylation sites (tertiary alicyclic amines) is 1. The summed E-state index contributed by atoms with van der Waals surface area (Å²) in [6.45, 7) is 2.51. The highest BCUT2D eigenvalue weighted by atomic mass is 32.1. The van der Waals surface area contributed by atoms with Crippen LogP contribution in [0.4, 0.5) is 5.13 Å². The van der Waals surface area contributed by atoms with Crippen molar-refractivity contribution in [2.75, 3.05) is 45.2 Å². The van der Waals surface area contributed by atoms with Crippen molar-refractivity contribution in [1.29, 1.82) is 0 Å². The molecule has 2 saturated heterocycles. The van der Waals surface area contributed by atoms with Gasteiger partial charge in [-0.05, 0) is 12.3 Å². The number of fused-ring (bicyclic) bond motifs is 1. The van der Waals surface area contributed by atoms with Crippen molar-refractivity contribution in [3.05, 3.63) is 11.6 Å². The molecule has 2 aliphatic rings. The third kappa shape index (κ3) is 2.74. The van der Waals surface area contributed by atoms with E-state index in [0.717, 1.165) is 24.6 Å². The predicted molar refractivity (Wildman–Crippen MR) is 81.2 cm³/mol. The standard InChI is InChI=1S/C14H20N4O2S/c1-16(2)12(19)9-17-5-3-10-7-18(8-11(10)13(17)20)14-15-4-6-21-14/h4,6,10-11H,3,5,7-9H2,1-2H3/t10-,11-/m1/s1. The van der Waals surface area contributed by atoms with Crippen molar-refractivity contribution >= 4 is 28.3 Å². The van der Waals surface area contributed by atoms with E-state index in [9.17, 15) is 9.59 Å². The minimum Gasteiger partial charge on any atom is -0.347 e. The SMILES string of the molecule is CN(C)C(=O)CN1CC[C@@H]2CN(c3nccs3)C[C@H]2C1=O. The number of carbonyl (C=O) groups excluding carboxylic acids is 2. The number of anilines is 1. The summed E-state index contributed by atoms with van der Waals surface area (Å²) >= 11 is 1.61. The van der Waals surface area contributed by atoms with Gasteiger partial charge in [0.15, 0.2) is 5.13 Å². The summed E-state index contributed by atoms with van der Waals surface area (Å²) in [5, 5.41) is 2.95. The molecule has 2 atom stereocenters. The van der Waals surface area contributed by atoms with E-state index < -0.39 is 0 Å². The van der Waals surface area contributed by atoms with Gasteiger partial charge in [0.1, 0.15) is 0 Å². The number of piperidine rings is 1. The van der Waals surface area contributed by atoms with Gasteiger partial charge in [0.05, 0.1) is 12.5 Å². The monoisotopic (exact) mass is 308 g/mol. The molecule has 3 rings (SSSR count). The molecule has 0 radical (unpaired) electrons. The average molecular weight is 308 g/mol. The molecule has 2 fully saturated rings. The zero-order chi connectivity index (χ0) is 15.0. The van der Waals surface area contributed by atoms with Crippen LogP contribution in [0.25, 0.3) is 0 Å². The highest BCUT2D eigenvalue weighted by Gasteiger charge is 2.43. The Bertz CT molecular complexity index is 531. The maximum absolute atomic E-state index is 12.6. The molecule has 3 heterocycles. The van der Waals surface area contributed by atoms with Crippen LogP contribution >= 0.6 is 11.3 Å². The molecule has 6 nitrogen and oxygen atoms in total. The summed E-state index contributed by atoms with van der Waals surface area (Å²) in [5.41, 5.74) is 0. The Labute approximate surface area is 128 Å². The van der Waals surface area contributed by atoms with Gasteiger partial charge >= 0.3 is 0 Å². The minimum atomic E-state index is -0.0171. The lowest BCUT2D eigenvalue weighted by atomic mass is 9.88. The molecule has 0 unspecified atom stereocenters. The first kappa shape index (κ1) is 14.3. The molecular formula is C14H20N4O2S. The van der Waals surface area contributed by atoms with E-state index in [2.05, 4.69) is 9.88 Å². The van der Waals surface area contributed by atoms with E-state index in [-0.39, 0.29) is 24.3 Å². The number of hydrogen-bond acceptors (Lipinski definition) is 5. The normalized spacial score (nSPS) is 25.1. The van der Waals surface area contributed by atoms with Crippen LogP contribution in [-0.4, -0.2) is 66.9 Å². The second-order valence-corrected chi connectivity index (χ2v) is 6.80. The van der Waals surface area contributed by atoms with Crippen molar-refractivity contribution in [2.24, 2.45) is 11.8 Å². The number of amides is 2. The second kappa shape index (κ2) is 5.63. The Balaban J connectivity index is 1.66. The third-order valence-corrected chi connectivity index (χ3v) is 5.19. The fourth-order valence-corrected chi connectivity index (χ4v) is 3.76. The lowest BCUT2D eigenvalue weighted by Crippen LogP contribution is -2.49. The molecule has 1 aromatic rings. The van der Waals surface area contributed by atoms with Crippen molar-refractivity contribution in [1.82, 2.24) is 14.8 Å². The third-order valence-electron chi connectivity index (χ3n) is 4.35. The van der Waals surface area contributed by atoms with Gasteiger partial charge in [0, 0.05) is 45.3 Å². The van der Waals surface area contributed by atoms with Crippen molar-refractivity contribution in [2.45, 2.75) is 6.42 Å². The number of aromatic nitrogens is 1. The topological polar surface area (TPSA) is 56.8 Å². The molecule has 2 amide bonds. The molecule has 0 N–H and O–H groups in total. The lowest BCUT2D eigenvalue weighted by molar-refractivity contribution is -0.145. The Kier molecular flexibility index (Phi) is 3.84. The molecule has 7 heteroatoms. The van der Waals surface area contributed by atoms with Gasteiger partial charge in [-0.3, -0.25) is 9.59 Å². The van der Waals surface area contributed by atoms with E-state index in [4.69, 9.17) is 0 Å². The highest BCUT2D eigenvalue weighted by molar-refractivity contribution is 7.13. The molecule has 21 heavy (non-hydrogen) atoms. The molecular weight excluding hydrogens is 288 g/mol. The van der Waals surface area contributed by atoms with E-state index in [1.165, 1.54) is 4.90 Å². The molecule has 0 aliphatic carbocycles. The number of likely N-dealkylation sites (N-methyl/N-ethyl adjacent to an activating group) is 1. The van der Waals surface area contributed by atoms with Gasteiger partial charge in [-0.2, -0.15) is 0 Å². The summed E-state index contributed by atoms with van der Waals surface area (Å²) in [6.07, 6.45) is 2.77. The first-order valence-corrected chi connectivity index (χ1v) is 8.07. The first-order valence-electron chi connectivity index (χ1n) is 7.19. The summed E-state index contributed by atoms with van der Waals surface area (Å²) in [4.78, 5) is 34.2. The number of thiazole rings is 1. The molecule has 0 aromatic carbocycles. The molecule has 0 bridgehead atoms. The van der Waals surface area contributed by atoms with Gasteiger partial charge in [0.2, 0.25) is 11.8 Å². The summed E-state index contributed by atoms with van der Waals surface area (Å²) in [5.74, 6) is 0.516. The van der Waals surface area contributed by atoms with Crippen LogP contribution in [-0.2, 0) is 9.59 Å².